The maximum absolute atomic E-state index is 5.85. The molecule has 0 aliphatic heterocycles. The van der Waals surface area contributed by atoms with Crippen molar-refractivity contribution in [1.82, 2.24) is 14.7 Å². The molecule has 1 aliphatic carbocycles. The van der Waals surface area contributed by atoms with Crippen molar-refractivity contribution in [2.45, 2.75) is 32.4 Å². The zero-order valence-corrected chi connectivity index (χ0v) is 10.5. The first kappa shape index (κ1) is 11.6. The maximum atomic E-state index is 5.85. The standard InChI is InChI=1S/C12H22N4/c1-9-11(7-14-16(9)3)8-15(2)12(6-13)10-4-5-10/h7,10,12H,4-6,8,13H2,1-3H3. The largest absolute Gasteiger partial charge is 0.329 e. The Bertz CT molecular complexity index is 354. The second-order valence-corrected chi connectivity index (χ2v) is 4.93. The topological polar surface area (TPSA) is 47.1 Å². The predicted octanol–water partition coefficient (Wildman–Crippen LogP) is 0.898. The summed E-state index contributed by atoms with van der Waals surface area (Å²) in [5.74, 6) is 0.826. The van der Waals surface area contributed by atoms with Gasteiger partial charge in [-0.3, -0.25) is 9.58 Å². The molecule has 0 bridgehead atoms. The van der Waals surface area contributed by atoms with E-state index in [0.717, 1.165) is 19.0 Å². The summed E-state index contributed by atoms with van der Waals surface area (Å²) >= 11 is 0. The van der Waals surface area contributed by atoms with Crippen molar-refractivity contribution in [3.05, 3.63) is 17.5 Å². The normalized spacial score (nSPS) is 18.1. The molecule has 1 aromatic rings. The van der Waals surface area contributed by atoms with Gasteiger partial charge in [0.15, 0.2) is 0 Å². The van der Waals surface area contributed by atoms with Crippen LogP contribution < -0.4 is 5.73 Å². The monoisotopic (exact) mass is 222 g/mol. The lowest BCUT2D eigenvalue weighted by molar-refractivity contribution is 0.215. The summed E-state index contributed by atoms with van der Waals surface area (Å²) < 4.78 is 1.93. The molecule has 2 rings (SSSR count). The Balaban J connectivity index is 2.00. The summed E-state index contributed by atoms with van der Waals surface area (Å²) in [5, 5.41) is 4.27. The Kier molecular flexibility index (Phi) is 3.30. The highest BCUT2D eigenvalue weighted by Gasteiger charge is 2.32. The zero-order valence-electron chi connectivity index (χ0n) is 10.5. The highest BCUT2D eigenvalue weighted by atomic mass is 15.3. The summed E-state index contributed by atoms with van der Waals surface area (Å²) in [4.78, 5) is 2.38. The van der Waals surface area contributed by atoms with Crippen molar-refractivity contribution < 1.29 is 0 Å². The van der Waals surface area contributed by atoms with Gasteiger partial charge in [-0.1, -0.05) is 0 Å². The molecule has 4 heteroatoms. The van der Waals surface area contributed by atoms with Gasteiger partial charge in [-0.05, 0) is 32.7 Å². The van der Waals surface area contributed by atoms with Crippen LogP contribution in [-0.4, -0.2) is 34.3 Å². The third-order valence-corrected chi connectivity index (χ3v) is 3.73. The first-order valence-electron chi connectivity index (χ1n) is 6.01. The number of aromatic nitrogens is 2. The lowest BCUT2D eigenvalue weighted by Crippen LogP contribution is -2.39. The van der Waals surface area contributed by atoms with Crippen LogP contribution in [-0.2, 0) is 13.6 Å². The molecule has 4 nitrogen and oxygen atoms in total. The van der Waals surface area contributed by atoms with E-state index in [1.165, 1.54) is 24.1 Å². The van der Waals surface area contributed by atoms with Crippen LogP contribution in [0.4, 0.5) is 0 Å². The minimum absolute atomic E-state index is 0.541. The Morgan fingerprint density at radius 2 is 2.31 bits per heavy atom. The fraction of sp³-hybridized carbons (Fsp3) is 0.750. The molecule has 90 valence electrons. The molecule has 2 N–H and O–H groups in total. The van der Waals surface area contributed by atoms with Crippen LogP contribution in [0.3, 0.4) is 0 Å². The fourth-order valence-corrected chi connectivity index (χ4v) is 2.30. The van der Waals surface area contributed by atoms with Crippen molar-refractivity contribution in [1.29, 1.82) is 0 Å². The number of nitrogens with zero attached hydrogens (tertiary/aromatic N) is 3. The van der Waals surface area contributed by atoms with Crippen LogP contribution in [0, 0.1) is 12.8 Å². The maximum Gasteiger partial charge on any atom is 0.0537 e. The van der Waals surface area contributed by atoms with Gasteiger partial charge in [0, 0.05) is 37.4 Å². The van der Waals surface area contributed by atoms with Gasteiger partial charge < -0.3 is 5.73 Å². The highest BCUT2D eigenvalue weighted by Crippen LogP contribution is 2.35. The molecular weight excluding hydrogens is 200 g/mol. The molecule has 1 heterocycles. The van der Waals surface area contributed by atoms with Gasteiger partial charge in [0.05, 0.1) is 6.20 Å². The zero-order chi connectivity index (χ0) is 11.7. The molecule has 0 saturated heterocycles. The lowest BCUT2D eigenvalue weighted by atomic mass is 10.1. The Morgan fingerprint density at radius 3 is 2.75 bits per heavy atom. The van der Waals surface area contributed by atoms with E-state index in [0.29, 0.717) is 6.04 Å². The third kappa shape index (κ3) is 2.28. The van der Waals surface area contributed by atoms with Gasteiger partial charge in [0.2, 0.25) is 0 Å². The molecule has 0 radical (unpaired) electrons. The first-order valence-corrected chi connectivity index (χ1v) is 6.01. The second kappa shape index (κ2) is 4.55. The average Bonchev–Trinajstić information content (AvgIpc) is 3.03. The van der Waals surface area contributed by atoms with E-state index in [1.807, 2.05) is 17.9 Å². The molecule has 1 aliphatic rings. The lowest BCUT2D eigenvalue weighted by Gasteiger charge is -2.26. The smallest absolute Gasteiger partial charge is 0.0537 e. The van der Waals surface area contributed by atoms with E-state index in [-0.39, 0.29) is 0 Å². The van der Waals surface area contributed by atoms with Gasteiger partial charge in [-0.2, -0.15) is 5.10 Å². The van der Waals surface area contributed by atoms with Crippen LogP contribution in [0.15, 0.2) is 6.20 Å². The van der Waals surface area contributed by atoms with Crippen molar-refractivity contribution in [2.75, 3.05) is 13.6 Å². The van der Waals surface area contributed by atoms with E-state index in [9.17, 15) is 0 Å². The van der Waals surface area contributed by atoms with Crippen LogP contribution in [0.2, 0.25) is 0 Å². The van der Waals surface area contributed by atoms with Crippen molar-refractivity contribution >= 4 is 0 Å². The average molecular weight is 222 g/mol. The second-order valence-electron chi connectivity index (χ2n) is 4.93. The predicted molar refractivity (Wildman–Crippen MR) is 65.0 cm³/mol. The molecule has 1 aromatic heterocycles. The van der Waals surface area contributed by atoms with E-state index in [2.05, 4.69) is 24.0 Å². The molecule has 0 amide bonds. The molecule has 0 spiro atoms. The van der Waals surface area contributed by atoms with Crippen molar-refractivity contribution in [3.8, 4) is 0 Å². The fourth-order valence-electron chi connectivity index (χ4n) is 2.30. The van der Waals surface area contributed by atoms with Gasteiger partial charge in [0.25, 0.3) is 0 Å². The quantitative estimate of drug-likeness (QED) is 0.805. The van der Waals surface area contributed by atoms with Gasteiger partial charge in [0.1, 0.15) is 0 Å². The summed E-state index contributed by atoms with van der Waals surface area (Å²) in [6.07, 6.45) is 4.66. The molecular formula is C12H22N4. The van der Waals surface area contributed by atoms with Crippen LogP contribution in [0.5, 0.6) is 0 Å². The number of hydrogen-bond acceptors (Lipinski definition) is 3. The molecule has 16 heavy (non-hydrogen) atoms. The van der Waals surface area contributed by atoms with E-state index >= 15 is 0 Å². The van der Waals surface area contributed by atoms with Crippen molar-refractivity contribution in [2.24, 2.45) is 18.7 Å². The third-order valence-electron chi connectivity index (χ3n) is 3.73. The minimum atomic E-state index is 0.541. The van der Waals surface area contributed by atoms with Crippen LogP contribution in [0.25, 0.3) is 0 Å². The summed E-state index contributed by atoms with van der Waals surface area (Å²) in [6, 6.07) is 0.541. The summed E-state index contributed by atoms with van der Waals surface area (Å²) in [7, 11) is 4.16. The molecule has 1 fully saturated rings. The van der Waals surface area contributed by atoms with Crippen molar-refractivity contribution in [3.63, 3.8) is 0 Å². The van der Waals surface area contributed by atoms with Crippen LogP contribution >= 0.6 is 0 Å². The Labute approximate surface area is 97.4 Å². The van der Waals surface area contributed by atoms with Gasteiger partial charge in [-0.25, -0.2) is 0 Å². The van der Waals surface area contributed by atoms with Crippen LogP contribution in [0.1, 0.15) is 24.1 Å². The first-order chi connectivity index (χ1) is 7.63. The van der Waals surface area contributed by atoms with Gasteiger partial charge in [-0.15, -0.1) is 0 Å². The molecule has 0 aromatic carbocycles. The number of nitrogens with two attached hydrogens (primary N) is 1. The number of aryl methyl sites for hydroxylation is 1. The minimum Gasteiger partial charge on any atom is -0.329 e. The summed E-state index contributed by atoms with van der Waals surface area (Å²) in [5.41, 5.74) is 8.41. The molecule has 1 atom stereocenters. The Morgan fingerprint density at radius 1 is 1.62 bits per heavy atom. The number of hydrogen-bond donors (Lipinski definition) is 1. The van der Waals surface area contributed by atoms with E-state index in [1.54, 1.807) is 0 Å². The number of likely N-dealkylation sites (N-methyl/N-ethyl adjacent to an activating group) is 1. The highest BCUT2D eigenvalue weighted by molar-refractivity contribution is 5.15. The SMILES string of the molecule is Cc1c(CN(C)C(CN)C2CC2)cnn1C. The Hall–Kier alpha value is -0.870. The molecule has 1 unspecified atom stereocenters. The van der Waals surface area contributed by atoms with Gasteiger partial charge >= 0.3 is 0 Å². The summed E-state index contributed by atoms with van der Waals surface area (Å²) in [6.45, 7) is 3.84. The molecule has 1 saturated carbocycles. The number of rotatable bonds is 5. The van der Waals surface area contributed by atoms with E-state index < -0.39 is 0 Å². The van der Waals surface area contributed by atoms with E-state index in [4.69, 9.17) is 5.73 Å².